The molecule has 0 unspecified atom stereocenters. The van der Waals surface area contributed by atoms with Crippen LogP contribution in [0, 0.1) is 0 Å². The van der Waals surface area contributed by atoms with E-state index in [1.165, 1.54) is 11.1 Å². The number of nitrogens with zero attached hydrogens (tertiary/aromatic N) is 1. The van der Waals surface area contributed by atoms with Crippen LogP contribution in [0.4, 0.5) is 0 Å². The van der Waals surface area contributed by atoms with E-state index >= 15 is 0 Å². The van der Waals surface area contributed by atoms with Gasteiger partial charge < -0.3 is 14.2 Å². The Morgan fingerprint density at radius 3 is 2.77 bits per heavy atom. The summed E-state index contributed by atoms with van der Waals surface area (Å²) in [6.07, 6.45) is 5.11. The van der Waals surface area contributed by atoms with E-state index in [4.69, 9.17) is 4.65 Å². The summed E-state index contributed by atoms with van der Waals surface area (Å²) < 4.78 is 7.33. The van der Waals surface area contributed by atoms with Gasteiger partial charge in [0.15, 0.2) is 0 Å². The Labute approximate surface area is 129 Å². The average molecular weight is 289 g/mol. The number of benzene rings is 2. The maximum atomic E-state index is 9.82. The first kappa shape index (κ1) is 13.4. The van der Waals surface area contributed by atoms with Crippen molar-refractivity contribution in [2.75, 3.05) is 0 Å². The lowest BCUT2D eigenvalue weighted by Crippen LogP contribution is -2.28. The molecule has 0 amide bonds. The molecular weight excluding hydrogens is 273 g/mol. The summed E-state index contributed by atoms with van der Waals surface area (Å²) in [4.78, 5) is 0. The zero-order valence-corrected chi connectivity index (χ0v) is 12.1. The fraction of sp³-hybridized carbons (Fsp3) is 0.111. The van der Waals surface area contributed by atoms with Gasteiger partial charge in [-0.15, -0.1) is 0 Å². The number of fused-ring (bicyclic) bond motifs is 1. The van der Waals surface area contributed by atoms with E-state index in [0.29, 0.717) is 6.61 Å². The van der Waals surface area contributed by atoms with Crippen LogP contribution in [0.2, 0.25) is 0 Å². The molecule has 4 heteroatoms. The highest BCUT2D eigenvalue weighted by atomic mass is 16.5. The Bertz CT molecular complexity index is 798. The molecule has 3 nitrogen and oxygen atoms in total. The van der Waals surface area contributed by atoms with Crippen molar-refractivity contribution in [2.24, 2.45) is 0 Å². The minimum Gasteiger partial charge on any atom is -0.423 e. The maximum Gasteiger partial charge on any atom is 0.491 e. The predicted octanol–water partition coefficient (Wildman–Crippen LogP) is 2.29. The van der Waals surface area contributed by atoms with Crippen molar-refractivity contribution < 1.29 is 9.68 Å². The monoisotopic (exact) mass is 289 g/mol. The molecule has 108 valence electrons. The first-order valence-corrected chi connectivity index (χ1v) is 7.43. The highest BCUT2D eigenvalue weighted by Crippen LogP contribution is 2.17. The van der Waals surface area contributed by atoms with E-state index in [0.717, 1.165) is 23.1 Å². The second-order valence-corrected chi connectivity index (χ2v) is 5.64. The summed E-state index contributed by atoms with van der Waals surface area (Å²) in [7, 11) is -0.797. The van der Waals surface area contributed by atoms with Crippen LogP contribution < -0.4 is 5.46 Å². The van der Waals surface area contributed by atoms with Crippen molar-refractivity contribution in [1.29, 1.82) is 0 Å². The summed E-state index contributed by atoms with van der Waals surface area (Å²) in [5.41, 5.74) is 5.55. The fourth-order valence-electron chi connectivity index (χ4n) is 2.90. The van der Waals surface area contributed by atoms with Crippen molar-refractivity contribution in [3.63, 3.8) is 0 Å². The van der Waals surface area contributed by atoms with Gasteiger partial charge in [0.2, 0.25) is 0 Å². The molecule has 1 aromatic heterocycles. The average Bonchev–Trinajstić information content (AvgIpc) is 3.16. The lowest BCUT2D eigenvalue weighted by Gasteiger charge is -2.06. The molecule has 0 saturated heterocycles. The third kappa shape index (κ3) is 2.47. The van der Waals surface area contributed by atoms with Gasteiger partial charge in [-0.2, -0.15) is 0 Å². The molecule has 3 aromatic rings. The van der Waals surface area contributed by atoms with Gasteiger partial charge in [0.05, 0.1) is 6.61 Å². The second kappa shape index (κ2) is 5.48. The van der Waals surface area contributed by atoms with Crippen LogP contribution in [-0.2, 0) is 17.7 Å². The molecular formula is C18H16BNO2. The third-order valence-corrected chi connectivity index (χ3v) is 4.10. The first-order chi connectivity index (χ1) is 10.8. The Morgan fingerprint density at radius 2 is 1.91 bits per heavy atom. The van der Waals surface area contributed by atoms with Crippen LogP contribution in [0.25, 0.3) is 5.69 Å². The molecule has 0 radical (unpaired) electrons. The molecule has 2 aromatic carbocycles. The van der Waals surface area contributed by atoms with Crippen molar-refractivity contribution in [1.82, 2.24) is 4.57 Å². The molecule has 0 bridgehead atoms. The van der Waals surface area contributed by atoms with E-state index in [9.17, 15) is 5.02 Å². The molecule has 22 heavy (non-hydrogen) atoms. The maximum absolute atomic E-state index is 9.82. The smallest absolute Gasteiger partial charge is 0.423 e. The summed E-state index contributed by atoms with van der Waals surface area (Å²) in [5, 5.41) is 9.82. The molecule has 0 fully saturated rings. The van der Waals surface area contributed by atoms with Crippen molar-refractivity contribution in [2.45, 2.75) is 13.0 Å². The molecule has 1 N–H and O–H groups in total. The number of rotatable bonds is 3. The van der Waals surface area contributed by atoms with Gasteiger partial charge in [0, 0.05) is 18.1 Å². The van der Waals surface area contributed by atoms with E-state index in [2.05, 4.69) is 53.4 Å². The Balaban J connectivity index is 1.61. The standard InChI is InChI=1S/C18H16BNO2/c21-19-18-11-17(7-6-16(18)13-22-19)20-9-8-15(12-20)10-14-4-2-1-3-5-14/h1-9,11-12,21H,10,13H2. The Hall–Kier alpha value is -2.30. The van der Waals surface area contributed by atoms with E-state index in [-0.39, 0.29) is 0 Å². The largest absolute Gasteiger partial charge is 0.491 e. The van der Waals surface area contributed by atoms with Gasteiger partial charge >= 0.3 is 7.12 Å². The van der Waals surface area contributed by atoms with E-state index in [1.54, 1.807) is 0 Å². The molecule has 4 rings (SSSR count). The van der Waals surface area contributed by atoms with Crippen LogP contribution >= 0.6 is 0 Å². The van der Waals surface area contributed by atoms with Crippen LogP contribution in [0.3, 0.4) is 0 Å². The summed E-state index contributed by atoms with van der Waals surface area (Å²) in [6, 6.07) is 18.7. The second-order valence-electron chi connectivity index (χ2n) is 5.64. The van der Waals surface area contributed by atoms with Gasteiger partial charge in [-0.05, 0) is 46.8 Å². The Morgan fingerprint density at radius 1 is 1.05 bits per heavy atom. The lowest BCUT2D eigenvalue weighted by molar-refractivity contribution is 0.275. The van der Waals surface area contributed by atoms with Crippen molar-refractivity contribution in [3.05, 3.63) is 83.7 Å². The normalized spacial score (nSPS) is 13.4. The molecule has 0 saturated carbocycles. The molecule has 0 aliphatic carbocycles. The van der Waals surface area contributed by atoms with Gasteiger partial charge in [0.25, 0.3) is 0 Å². The van der Waals surface area contributed by atoms with E-state index < -0.39 is 7.12 Å². The zero-order chi connectivity index (χ0) is 14.9. The first-order valence-electron chi connectivity index (χ1n) is 7.43. The van der Waals surface area contributed by atoms with Gasteiger partial charge in [-0.3, -0.25) is 0 Å². The topological polar surface area (TPSA) is 34.4 Å². The predicted molar refractivity (Wildman–Crippen MR) is 87.4 cm³/mol. The molecule has 0 spiro atoms. The third-order valence-electron chi connectivity index (χ3n) is 4.10. The van der Waals surface area contributed by atoms with E-state index in [1.807, 2.05) is 18.2 Å². The van der Waals surface area contributed by atoms with Gasteiger partial charge in [-0.1, -0.05) is 36.4 Å². The van der Waals surface area contributed by atoms with Gasteiger partial charge in [0.1, 0.15) is 0 Å². The highest BCUT2D eigenvalue weighted by molar-refractivity contribution is 6.61. The van der Waals surface area contributed by atoms with Gasteiger partial charge in [-0.25, -0.2) is 0 Å². The zero-order valence-electron chi connectivity index (χ0n) is 12.1. The lowest BCUT2D eigenvalue weighted by atomic mass is 9.79. The fourth-order valence-corrected chi connectivity index (χ4v) is 2.90. The molecule has 1 aliphatic rings. The van der Waals surface area contributed by atoms with Crippen LogP contribution in [-0.4, -0.2) is 16.7 Å². The number of hydrogen-bond acceptors (Lipinski definition) is 2. The summed E-state index contributed by atoms with van der Waals surface area (Å²) in [5.74, 6) is 0. The van der Waals surface area contributed by atoms with Crippen molar-refractivity contribution in [3.8, 4) is 5.69 Å². The van der Waals surface area contributed by atoms with Crippen LogP contribution in [0.1, 0.15) is 16.7 Å². The minimum absolute atomic E-state index is 0.488. The van der Waals surface area contributed by atoms with Crippen LogP contribution in [0.15, 0.2) is 67.0 Å². The number of hydrogen-bond donors (Lipinski definition) is 1. The van der Waals surface area contributed by atoms with Crippen LogP contribution in [0.5, 0.6) is 0 Å². The number of aromatic nitrogens is 1. The molecule has 0 atom stereocenters. The molecule has 2 heterocycles. The SMILES string of the molecule is OB1OCc2ccc(-n3ccc(Cc4ccccc4)c3)cc21. The summed E-state index contributed by atoms with van der Waals surface area (Å²) in [6.45, 7) is 0.488. The minimum atomic E-state index is -0.797. The Kier molecular flexibility index (Phi) is 3.33. The molecule has 1 aliphatic heterocycles. The highest BCUT2D eigenvalue weighted by Gasteiger charge is 2.27. The van der Waals surface area contributed by atoms with Crippen molar-refractivity contribution >= 4 is 12.6 Å². The summed E-state index contributed by atoms with van der Waals surface area (Å²) >= 11 is 0. The quantitative estimate of drug-likeness (QED) is 0.751.